The molecule has 0 unspecified atom stereocenters. The second-order valence-electron chi connectivity index (χ2n) is 2.86. The summed E-state index contributed by atoms with van der Waals surface area (Å²) in [5.41, 5.74) is 2.33. The molecular formula is C10H10N2O. The Labute approximate surface area is 75.7 Å². The van der Waals surface area contributed by atoms with Crippen molar-refractivity contribution in [1.29, 1.82) is 0 Å². The van der Waals surface area contributed by atoms with Gasteiger partial charge < -0.3 is 10.1 Å². The first-order chi connectivity index (χ1) is 6.33. The van der Waals surface area contributed by atoms with Crippen molar-refractivity contribution in [3.8, 4) is 5.75 Å². The lowest BCUT2D eigenvalue weighted by Gasteiger charge is -2.00. The van der Waals surface area contributed by atoms with Crippen LogP contribution in [0.4, 0.5) is 0 Å². The Kier molecular flexibility index (Phi) is 1.77. The van der Waals surface area contributed by atoms with E-state index in [1.54, 1.807) is 12.4 Å². The standard InChI is InChI=1S/C10H10N2O/c1-2-3-7-4-5-8-9(10(7)13)12-6-11-8/h2,4-6,13H,1,3H2,(H,11,12). The van der Waals surface area contributed by atoms with Crippen molar-refractivity contribution in [3.63, 3.8) is 0 Å². The van der Waals surface area contributed by atoms with Gasteiger partial charge >= 0.3 is 0 Å². The third-order valence-corrected chi connectivity index (χ3v) is 2.01. The number of phenols is 1. The fourth-order valence-electron chi connectivity index (χ4n) is 1.36. The maximum Gasteiger partial charge on any atom is 0.146 e. The first kappa shape index (κ1) is 7.86. The molecule has 0 fully saturated rings. The van der Waals surface area contributed by atoms with E-state index in [2.05, 4.69) is 16.5 Å². The number of allylic oxidation sites excluding steroid dienone is 1. The number of hydrogen-bond acceptors (Lipinski definition) is 2. The Bertz CT molecular complexity index is 445. The summed E-state index contributed by atoms with van der Waals surface area (Å²) < 4.78 is 0. The maximum atomic E-state index is 9.74. The Morgan fingerprint density at radius 2 is 2.38 bits per heavy atom. The number of rotatable bonds is 2. The molecule has 0 saturated heterocycles. The van der Waals surface area contributed by atoms with Crippen LogP contribution >= 0.6 is 0 Å². The van der Waals surface area contributed by atoms with Gasteiger partial charge in [0.25, 0.3) is 0 Å². The van der Waals surface area contributed by atoms with Gasteiger partial charge in [-0.15, -0.1) is 6.58 Å². The van der Waals surface area contributed by atoms with E-state index in [0.29, 0.717) is 11.9 Å². The largest absolute Gasteiger partial charge is 0.505 e. The average molecular weight is 174 g/mol. The number of aromatic nitrogens is 2. The maximum absolute atomic E-state index is 9.74. The minimum Gasteiger partial charge on any atom is -0.505 e. The van der Waals surface area contributed by atoms with Crippen LogP contribution in [0.2, 0.25) is 0 Å². The first-order valence-corrected chi connectivity index (χ1v) is 4.07. The number of phenolic OH excluding ortho intramolecular Hbond substituents is 1. The predicted octanol–water partition coefficient (Wildman–Crippen LogP) is 2.00. The monoisotopic (exact) mass is 174 g/mol. The highest BCUT2D eigenvalue weighted by molar-refractivity contribution is 5.82. The molecule has 1 aromatic heterocycles. The second-order valence-corrected chi connectivity index (χ2v) is 2.86. The van der Waals surface area contributed by atoms with E-state index in [9.17, 15) is 5.11 Å². The van der Waals surface area contributed by atoms with Gasteiger partial charge in [0, 0.05) is 5.56 Å². The van der Waals surface area contributed by atoms with Crippen molar-refractivity contribution in [1.82, 2.24) is 9.97 Å². The van der Waals surface area contributed by atoms with E-state index < -0.39 is 0 Å². The molecular weight excluding hydrogens is 164 g/mol. The number of aromatic amines is 1. The molecule has 0 aliphatic carbocycles. The number of fused-ring (bicyclic) bond motifs is 1. The van der Waals surface area contributed by atoms with Crippen molar-refractivity contribution in [2.75, 3.05) is 0 Å². The van der Waals surface area contributed by atoms with E-state index >= 15 is 0 Å². The quantitative estimate of drug-likeness (QED) is 0.684. The van der Waals surface area contributed by atoms with Gasteiger partial charge in [-0.2, -0.15) is 0 Å². The minimum atomic E-state index is 0.249. The molecule has 1 aromatic carbocycles. The average Bonchev–Trinajstić information content (AvgIpc) is 2.58. The van der Waals surface area contributed by atoms with Crippen LogP contribution in [-0.2, 0) is 6.42 Å². The molecule has 0 radical (unpaired) electrons. The van der Waals surface area contributed by atoms with Crippen LogP contribution in [0.3, 0.4) is 0 Å². The van der Waals surface area contributed by atoms with E-state index in [-0.39, 0.29) is 5.75 Å². The Morgan fingerprint density at radius 1 is 1.54 bits per heavy atom. The summed E-state index contributed by atoms with van der Waals surface area (Å²) in [6, 6.07) is 3.78. The summed E-state index contributed by atoms with van der Waals surface area (Å²) in [6.07, 6.45) is 3.99. The van der Waals surface area contributed by atoms with Crippen LogP contribution in [0.15, 0.2) is 31.1 Å². The molecule has 0 saturated carbocycles. The van der Waals surface area contributed by atoms with Crippen LogP contribution in [0.1, 0.15) is 5.56 Å². The smallest absolute Gasteiger partial charge is 0.146 e. The Hall–Kier alpha value is -1.77. The van der Waals surface area contributed by atoms with Crippen LogP contribution in [0.5, 0.6) is 5.75 Å². The van der Waals surface area contributed by atoms with Crippen LogP contribution in [-0.4, -0.2) is 15.1 Å². The summed E-state index contributed by atoms with van der Waals surface area (Å²) in [7, 11) is 0. The lowest BCUT2D eigenvalue weighted by molar-refractivity contribution is 0.475. The van der Waals surface area contributed by atoms with Crippen molar-refractivity contribution < 1.29 is 5.11 Å². The zero-order chi connectivity index (χ0) is 9.26. The number of nitrogens with zero attached hydrogens (tertiary/aromatic N) is 1. The van der Waals surface area contributed by atoms with Gasteiger partial charge in [-0.3, -0.25) is 0 Å². The fourth-order valence-corrected chi connectivity index (χ4v) is 1.36. The zero-order valence-electron chi connectivity index (χ0n) is 7.12. The molecule has 2 aromatic rings. The molecule has 66 valence electrons. The molecule has 0 spiro atoms. The summed E-state index contributed by atoms with van der Waals surface area (Å²) in [6.45, 7) is 3.63. The lowest BCUT2D eigenvalue weighted by atomic mass is 10.1. The molecule has 2 N–H and O–H groups in total. The number of hydrogen-bond donors (Lipinski definition) is 2. The van der Waals surface area contributed by atoms with E-state index in [0.717, 1.165) is 11.1 Å². The van der Waals surface area contributed by atoms with Gasteiger partial charge in [0.1, 0.15) is 11.3 Å². The van der Waals surface area contributed by atoms with Gasteiger partial charge in [0.15, 0.2) is 0 Å². The summed E-state index contributed by atoms with van der Waals surface area (Å²) in [4.78, 5) is 6.95. The Balaban J connectivity index is 2.65. The third-order valence-electron chi connectivity index (χ3n) is 2.01. The van der Waals surface area contributed by atoms with Gasteiger partial charge in [-0.1, -0.05) is 12.1 Å². The second kappa shape index (κ2) is 2.94. The van der Waals surface area contributed by atoms with Crippen molar-refractivity contribution in [3.05, 3.63) is 36.7 Å². The normalized spacial score (nSPS) is 10.5. The highest BCUT2D eigenvalue weighted by Gasteiger charge is 2.06. The molecule has 0 amide bonds. The van der Waals surface area contributed by atoms with Gasteiger partial charge in [-0.05, 0) is 12.5 Å². The molecule has 0 atom stereocenters. The molecule has 0 aliphatic rings. The number of aromatic hydroxyl groups is 1. The van der Waals surface area contributed by atoms with E-state index in [1.165, 1.54) is 0 Å². The molecule has 3 nitrogen and oxygen atoms in total. The summed E-state index contributed by atoms with van der Waals surface area (Å²) in [5, 5.41) is 9.74. The first-order valence-electron chi connectivity index (χ1n) is 4.07. The molecule has 0 aliphatic heterocycles. The minimum absolute atomic E-state index is 0.249. The molecule has 3 heteroatoms. The Morgan fingerprint density at radius 3 is 3.15 bits per heavy atom. The van der Waals surface area contributed by atoms with Gasteiger partial charge in [0.2, 0.25) is 0 Å². The highest BCUT2D eigenvalue weighted by atomic mass is 16.3. The number of H-pyrrole nitrogens is 1. The third kappa shape index (κ3) is 1.18. The molecule has 2 rings (SSSR count). The van der Waals surface area contributed by atoms with Gasteiger partial charge in [0.05, 0.1) is 11.8 Å². The highest BCUT2D eigenvalue weighted by Crippen LogP contribution is 2.26. The van der Waals surface area contributed by atoms with Crippen molar-refractivity contribution in [2.24, 2.45) is 0 Å². The number of imidazole rings is 1. The van der Waals surface area contributed by atoms with Crippen molar-refractivity contribution in [2.45, 2.75) is 6.42 Å². The van der Waals surface area contributed by atoms with Gasteiger partial charge in [-0.25, -0.2) is 4.98 Å². The van der Waals surface area contributed by atoms with E-state index in [1.807, 2.05) is 12.1 Å². The fraction of sp³-hybridized carbons (Fsp3) is 0.100. The van der Waals surface area contributed by atoms with Crippen LogP contribution < -0.4 is 0 Å². The number of benzene rings is 1. The predicted molar refractivity (Wildman–Crippen MR) is 51.7 cm³/mol. The lowest BCUT2D eigenvalue weighted by Crippen LogP contribution is -1.83. The topological polar surface area (TPSA) is 48.9 Å². The molecule has 1 heterocycles. The van der Waals surface area contributed by atoms with Crippen molar-refractivity contribution >= 4 is 11.0 Å². The zero-order valence-corrected chi connectivity index (χ0v) is 7.12. The summed E-state index contributed by atoms with van der Waals surface area (Å²) in [5.74, 6) is 0.249. The molecule has 0 bridgehead atoms. The van der Waals surface area contributed by atoms with Crippen LogP contribution in [0.25, 0.3) is 11.0 Å². The summed E-state index contributed by atoms with van der Waals surface area (Å²) >= 11 is 0. The molecule has 13 heavy (non-hydrogen) atoms. The van der Waals surface area contributed by atoms with E-state index in [4.69, 9.17) is 0 Å². The SMILES string of the molecule is C=CCc1ccc2[nH]cnc2c1O. The van der Waals surface area contributed by atoms with Crippen LogP contribution in [0, 0.1) is 0 Å². The number of nitrogens with one attached hydrogen (secondary N) is 1.